The Bertz CT molecular complexity index is 822. The number of ketones is 1. The van der Waals surface area contributed by atoms with E-state index in [9.17, 15) is 4.79 Å². The van der Waals surface area contributed by atoms with E-state index in [-0.39, 0.29) is 25.5 Å². The van der Waals surface area contributed by atoms with Gasteiger partial charge in [0.2, 0.25) is 13.6 Å². The van der Waals surface area contributed by atoms with Crippen LogP contribution in [0.2, 0.25) is 0 Å². The highest BCUT2D eigenvalue weighted by Gasteiger charge is 2.17. The summed E-state index contributed by atoms with van der Waals surface area (Å²) in [4.78, 5) is 28.5. The van der Waals surface area contributed by atoms with E-state index in [4.69, 9.17) is 28.5 Å². The minimum absolute atomic E-state index is 0.0796. The van der Waals surface area contributed by atoms with Crippen molar-refractivity contribution in [2.75, 3.05) is 13.6 Å². The second kappa shape index (κ2) is 7.51. The summed E-state index contributed by atoms with van der Waals surface area (Å²) in [6, 6.07) is 11.0. The first-order valence-corrected chi connectivity index (χ1v) is 7.52. The standard InChI is InChI=1S/C17H14O5.CO2/c18-13(12-3-6-15-17(8-12)22-10-20-15)4-1-11-2-5-14-16(7-11)21-9-19-14;2-1-3/h2-3,5-8H,1,4,9-10H2;. The molecule has 0 saturated carbocycles. The summed E-state index contributed by atoms with van der Waals surface area (Å²) in [6.45, 7) is 0.471. The number of carbonyl (C=O) groups is 1. The molecule has 2 aliphatic heterocycles. The Kier molecular flexibility index (Phi) is 4.97. The van der Waals surface area contributed by atoms with Crippen molar-refractivity contribution in [1.82, 2.24) is 0 Å². The van der Waals surface area contributed by atoms with E-state index in [0.717, 1.165) is 17.1 Å². The zero-order chi connectivity index (χ0) is 17.6. The highest BCUT2D eigenvalue weighted by atomic mass is 16.7. The Morgan fingerprint density at radius 3 is 2.08 bits per heavy atom. The molecule has 2 aliphatic rings. The van der Waals surface area contributed by atoms with Gasteiger partial charge >= 0.3 is 6.15 Å². The average molecular weight is 342 g/mol. The summed E-state index contributed by atoms with van der Waals surface area (Å²) in [7, 11) is 0. The van der Waals surface area contributed by atoms with Crippen LogP contribution in [0, 0.1) is 0 Å². The van der Waals surface area contributed by atoms with Crippen LogP contribution in [-0.4, -0.2) is 25.5 Å². The molecule has 0 aliphatic carbocycles. The van der Waals surface area contributed by atoms with Crippen molar-refractivity contribution in [2.45, 2.75) is 12.8 Å². The number of rotatable bonds is 4. The molecule has 0 amide bonds. The highest BCUT2D eigenvalue weighted by Crippen LogP contribution is 2.34. The minimum Gasteiger partial charge on any atom is -0.454 e. The molecular weight excluding hydrogens is 328 g/mol. The Balaban J connectivity index is 0.000000569. The molecule has 0 fully saturated rings. The monoisotopic (exact) mass is 342 g/mol. The van der Waals surface area contributed by atoms with Gasteiger partial charge in [0, 0.05) is 12.0 Å². The van der Waals surface area contributed by atoms with E-state index < -0.39 is 0 Å². The molecule has 2 heterocycles. The number of Topliss-reactive ketones (excluding diaryl/α,β-unsaturated/α-hetero) is 1. The van der Waals surface area contributed by atoms with Gasteiger partial charge in [0.1, 0.15) is 0 Å². The lowest BCUT2D eigenvalue weighted by Crippen LogP contribution is -2.01. The van der Waals surface area contributed by atoms with Gasteiger partial charge in [-0.25, -0.2) is 0 Å². The van der Waals surface area contributed by atoms with Crippen molar-refractivity contribution in [3.05, 3.63) is 47.5 Å². The molecule has 2 aromatic carbocycles. The lowest BCUT2D eigenvalue weighted by atomic mass is 10.0. The molecule has 7 nitrogen and oxygen atoms in total. The first-order valence-electron chi connectivity index (χ1n) is 7.52. The quantitative estimate of drug-likeness (QED) is 0.788. The van der Waals surface area contributed by atoms with Crippen molar-refractivity contribution in [2.24, 2.45) is 0 Å². The Hall–Kier alpha value is -3.31. The fourth-order valence-corrected chi connectivity index (χ4v) is 2.57. The summed E-state index contributed by atoms with van der Waals surface area (Å²) in [6.07, 6.45) is 1.34. The van der Waals surface area contributed by atoms with Crippen LogP contribution >= 0.6 is 0 Å². The normalized spacial score (nSPS) is 12.8. The van der Waals surface area contributed by atoms with E-state index >= 15 is 0 Å². The fourth-order valence-electron chi connectivity index (χ4n) is 2.57. The third-order valence-corrected chi connectivity index (χ3v) is 3.77. The first kappa shape index (κ1) is 16.5. The van der Waals surface area contributed by atoms with E-state index in [1.807, 2.05) is 18.2 Å². The second-order valence-electron chi connectivity index (χ2n) is 5.26. The average Bonchev–Trinajstić information content (AvgIpc) is 3.27. The van der Waals surface area contributed by atoms with Gasteiger partial charge in [0.05, 0.1) is 0 Å². The molecular formula is C18H14O7. The molecule has 0 unspecified atom stereocenters. The third-order valence-electron chi connectivity index (χ3n) is 3.77. The van der Waals surface area contributed by atoms with Crippen molar-refractivity contribution >= 4 is 11.9 Å². The molecule has 0 radical (unpaired) electrons. The Labute approximate surface area is 143 Å². The van der Waals surface area contributed by atoms with Crippen LogP contribution in [0.1, 0.15) is 22.3 Å². The van der Waals surface area contributed by atoms with Gasteiger partial charge in [-0.05, 0) is 42.3 Å². The number of ether oxygens (including phenoxy) is 4. The van der Waals surface area contributed by atoms with E-state index in [0.29, 0.717) is 29.9 Å². The van der Waals surface area contributed by atoms with Crippen molar-refractivity contribution in [1.29, 1.82) is 0 Å². The predicted octanol–water partition coefficient (Wildman–Crippen LogP) is 2.38. The van der Waals surface area contributed by atoms with Crippen molar-refractivity contribution in [3.8, 4) is 23.0 Å². The first-order chi connectivity index (χ1) is 12.2. The topological polar surface area (TPSA) is 88.1 Å². The molecule has 4 rings (SSSR count). The fraction of sp³-hybridized carbons (Fsp3) is 0.222. The van der Waals surface area contributed by atoms with E-state index in [2.05, 4.69) is 0 Å². The number of benzene rings is 2. The molecule has 25 heavy (non-hydrogen) atoms. The van der Waals surface area contributed by atoms with Gasteiger partial charge in [0.15, 0.2) is 28.8 Å². The lowest BCUT2D eigenvalue weighted by molar-refractivity contribution is -0.191. The van der Waals surface area contributed by atoms with Crippen molar-refractivity contribution < 1.29 is 33.3 Å². The number of carbonyl (C=O) groups excluding carboxylic acids is 3. The van der Waals surface area contributed by atoms with Gasteiger partial charge in [0.25, 0.3) is 0 Å². The maximum absolute atomic E-state index is 12.3. The van der Waals surface area contributed by atoms with Gasteiger partial charge in [-0.1, -0.05) is 6.07 Å². The lowest BCUT2D eigenvalue weighted by Gasteiger charge is -2.04. The van der Waals surface area contributed by atoms with Gasteiger partial charge < -0.3 is 18.9 Å². The van der Waals surface area contributed by atoms with Crippen LogP contribution in [-0.2, 0) is 16.0 Å². The third kappa shape index (κ3) is 3.79. The summed E-state index contributed by atoms with van der Waals surface area (Å²) >= 11 is 0. The van der Waals surface area contributed by atoms with Gasteiger partial charge in [-0.15, -0.1) is 0 Å². The summed E-state index contributed by atoms with van der Waals surface area (Å²) in [5.41, 5.74) is 1.70. The SMILES string of the molecule is O=C(CCc1ccc2c(c1)OCO2)c1ccc2c(c1)OCO2.O=C=O. The Morgan fingerprint density at radius 1 is 0.840 bits per heavy atom. The van der Waals surface area contributed by atoms with Crippen LogP contribution in [0.4, 0.5) is 0 Å². The van der Waals surface area contributed by atoms with Crippen LogP contribution < -0.4 is 18.9 Å². The number of aryl methyl sites for hydroxylation is 1. The van der Waals surface area contributed by atoms with Crippen molar-refractivity contribution in [3.63, 3.8) is 0 Å². The summed E-state index contributed by atoms with van der Waals surface area (Å²) in [5, 5.41) is 0. The molecule has 0 saturated heterocycles. The highest BCUT2D eigenvalue weighted by molar-refractivity contribution is 5.96. The molecule has 2 aromatic rings. The molecule has 7 heteroatoms. The minimum atomic E-state index is 0.0796. The maximum Gasteiger partial charge on any atom is 0.373 e. The molecule has 0 atom stereocenters. The number of hydrogen-bond donors (Lipinski definition) is 0. The predicted molar refractivity (Wildman–Crippen MR) is 82.8 cm³/mol. The maximum atomic E-state index is 12.3. The van der Waals surface area contributed by atoms with Crippen LogP contribution in [0.5, 0.6) is 23.0 Å². The second-order valence-corrected chi connectivity index (χ2v) is 5.26. The molecule has 0 aromatic heterocycles. The zero-order valence-corrected chi connectivity index (χ0v) is 13.2. The van der Waals surface area contributed by atoms with Gasteiger partial charge in [-0.2, -0.15) is 9.59 Å². The molecule has 128 valence electrons. The number of fused-ring (bicyclic) bond motifs is 2. The summed E-state index contributed by atoms with van der Waals surface area (Å²) < 4.78 is 21.2. The smallest absolute Gasteiger partial charge is 0.373 e. The molecule has 0 spiro atoms. The van der Waals surface area contributed by atoms with Crippen LogP contribution in [0.3, 0.4) is 0 Å². The van der Waals surface area contributed by atoms with E-state index in [1.54, 1.807) is 18.2 Å². The number of hydrogen-bond acceptors (Lipinski definition) is 7. The van der Waals surface area contributed by atoms with E-state index in [1.165, 1.54) is 0 Å². The Morgan fingerprint density at radius 2 is 1.40 bits per heavy atom. The van der Waals surface area contributed by atoms with Crippen LogP contribution in [0.25, 0.3) is 0 Å². The van der Waals surface area contributed by atoms with Gasteiger partial charge in [-0.3, -0.25) is 4.79 Å². The summed E-state index contributed by atoms with van der Waals surface area (Å²) in [5.74, 6) is 2.90. The molecule has 0 N–H and O–H groups in total. The zero-order valence-electron chi connectivity index (χ0n) is 13.2. The van der Waals surface area contributed by atoms with Crippen LogP contribution in [0.15, 0.2) is 36.4 Å². The molecule has 0 bridgehead atoms. The largest absolute Gasteiger partial charge is 0.454 e.